The molecule has 3 nitrogen and oxygen atoms in total. The van der Waals surface area contributed by atoms with Gasteiger partial charge in [0.1, 0.15) is 6.10 Å². The third kappa shape index (κ3) is 0.967. The zero-order chi connectivity index (χ0) is 8.72. The van der Waals surface area contributed by atoms with Crippen molar-refractivity contribution in [3.63, 3.8) is 0 Å². The van der Waals surface area contributed by atoms with E-state index in [9.17, 15) is 9.59 Å². The molecule has 0 spiro atoms. The van der Waals surface area contributed by atoms with Crippen LogP contribution in [0.3, 0.4) is 0 Å². The fourth-order valence-electron chi connectivity index (χ4n) is 1.79. The Morgan fingerprint density at radius 3 is 3.00 bits per heavy atom. The second kappa shape index (κ2) is 2.44. The molecule has 0 N–H and O–H groups in total. The number of rotatable bonds is 0. The van der Waals surface area contributed by atoms with Gasteiger partial charge in [-0.3, -0.25) is 9.59 Å². The minimum absolute atomic E-state index is 0.0635. The van der Waals surface area contributed by atoms with Crippen LogP contribution in [0.5, 0.6) is 0 Å². The van der Waals surface area contributed by atoms with Gasteiger partial charge in [0.15, 0.2) is 5.78 Å². The van der Waals surface area contributed by atoms with E-state index in [0.717, 1.165) is 0 Å². The molecule has 12 heavy (non-hydrogen) atoms. The summed E-state index contributed by atoms with van der Waals surface area (Å²) in [5, 5.41) is 0. The molecule has 2 aliphatic rings. The summed E-state index contributed by atoms with van der Waals surface area (Å²) in [5.74, 6) is -0.0628. The standard InChI is InChI=1S/C9H10O3/c1-5-6-4-9(11)12-8(6)3-2-7(5)10/h2-3,5-6,8H,4H2,1H3. The van der Waals surface area contributed by atoms with Crippen molar-refractivity contribution in [1.29, 1.82) is 0 Å². The van der Waals surface area contributed by atoms with Crippen molar-refractivity contribution < 1.29 is 14.3 Å². The summed E-state index contributed by atoms with van der Waals surface area (Å²) < 4.78 is 5.01. The van der Waals surface area contributed by atoms with E-state index in [4.69, 9.17) is 4.74 Å². The van der Waals surface area contributed by atoms with Gasteiger partial charge in [-0.1, -0.05) is 6.92 Å². The molecule has 1 aliphatic heterocycles. The van der Waals surface area contributed by atoms with Crippen molar-refractivity contribution in [2.24, 2.45) is 11.8 Å². The highest BCUT2D eigenvalue weighted by atomic mass is 16.5. The minimum atomic E-state index is -0.184. The Kier molecular flexibility index (Phi) is 1.53. The zero-order valence-corrected chi connectivity index (χ0v) is 6.82. The maximum absolute atomic E-state index is 11.2. The Morgan fingerprint density at radius 1 is 1.50 bits per heavy atom. The van der Waals surface area contributed by atoms with Crippen LogP contribution in [0.25, 0.3) is 0 Å². The van der Waals surface area contributed by atoms with Crippen LogP contribution in [0.2, 0.25) is 0 Å². The van der Waals surface area contributed by atoms with Gasteiger partial charge in [-0.25, -0.2) is 0 Å². The fourth-order valence-corrected chi connectivity index (χ4v) is 1.79. The lowest BCUT2D eigenvalue weighted by atomic mass is 9.81. The van der Waals surface area contributed by atoms with Gasteiger partial charge in [0, 0.05) is 11.8 Å². The number of allylic oxidation sites excluding steroid dienone is 1. The van der Waals surface area contributed by atoms with Crippen LogP contribution in [-0.2, 0) is 14.3 Å². The summed E-state index contributed by atoms with van der Waals surface area (Å²) in [7, 11) is 0. The normalized spacial score (nSPS) is 39.6. The van der Waals surface area contributed by atoms with Gasteiger partial charge in [-0.05, 0) is 12.2 Å². The number of carbonyl (C=O) groups excluding carboxylic acids is 2. The number of hydrogen-bond acceptors (Lipinski definition) is 3. The number of esters is 1. The first-order chi connectivity index (χ1) is 5.68. The molecule has 0 amide bonds. The number of ether oxygens (including phenoxy) is 1. The Hall–Kier alpha value is -1.12. The summed E-state index contributed by atoms with van der Waals surface area (Å²) in [6.07, 6.45) is 3.45. The lowest BCUT2D eigenvalue weighted by molar-refractivity contribution is -0.140. The Morgan fingerprint density at radius 2 is 2.25 bits per heavy atom. The van der Waals surface area contributed by atoms with E-state index in [2.05, 4.69) is 0 Å². The maximum Gasteiger partial charge on any atom is 0.306 e. The van der Waals surface area contributed by atoms with Crippen molar-refractivity contribution in [2.75, 3.05) is 0 Å². The van der Waals surface area contributed by atoms with E-state index in [1.54, 1.807) is 6.08 Å². The molecule has 3 atom stereocenters. The van der Waals surface area contributed by atoms with Gasteiger partial charge in [-0.15, -0.1) is 0 Å². The first kappa shape index (κ1) is 7.53. The Balaban J connectivity index is 2.27. The lowest BCUT2D eigenvalue weighted by Crippen LogP contribution is -2.29. The molecule has 0 radical (unpaired) electrons. The molecular weight excluding hydrogens is 156 g/mol. The van der Waals surface area contributed by atoms with E-state index >= 15 is 0 Å². The molecule has 0 aromatic rings. The Labute approximate surface area is 70.4 Å². The summed E-state index contributed by atoms with van der Waals surface area (Å²) in [6.45, 7) is 1.85. The molecule has 3 heteroatoms. The summed E-state index contributed by atoms with van der Waals surface area (Å²) >= 11 is 0. The first-order valence-corrected chi connectivity index (χ1v) is 4.10. The second-order valence-electron chi connectivity index (χ2n) is 3.37. The number of hydrogen-bond donors (Lipinski definition) is 0. The van der Waals surface area contributed by atoms with Gasteiger partial charge in [-0.2, -0.15) is 0 Å². The van der Waals surface area contributed by atoms with Crippen LogP contribution in [0.15, 0.2) is 12.2 Å². The smallest absolute Gasteiger partial charge is 0.306 e. The first-order valence-electron chi connectivity index (χ1n) is 4.10. The molecule has 1 aliphatic carbocycles. The van der Waals surface area contributed by atoms with Gasteiger partial charge in [0.2, 0.25) is 0 Å². The zero-order valence-electron chi connectivity index (χ0n) is 6.82. The number of ketones is 1. The average Bonchev–Trinajstić information content (AvgIpc) is 2.39. The van der Waals surface area contributed by atoms with Gasteiger partial charge < -0.3 is 4.74 Å². The van der Waals surface area contributed by atoms with Crippen molar-refractivity contribution in [3.8, 4) is 0 Å². The summed E-state index contributed by atoms with van der Waals surface area (Å²) in [5.41, 5.74) is 0. The summed E-state index contributed by atoms with van der Waals surface area (Å²) in [6, 6.07) is 0. The third-order valence-corrected chi connectivity index (χ3v) is 2.63. The predicted octanol–water partition coefficient (Wildman–Crippen LogP) is 0.693. The number of fused-ring (bicyclic) bond motifs is 1. The largest absolute Gasteiger partial charge is 0.458 e. The molecule has 1 heterocycles. The molecule has 1 fully saturated rings. The van der Waals surface area contributed by atoms with Crippen molar-refractivity contribution in [3.05, 3.63) is 12.2 Å². The van der Waals surface area contributed by atoms with Crippen LogP contribution >= 0.6 is 0 Å². The highest BCUT2D eigenvalue weighted by molar-refractivity contribution is 5.93. The van der Waals surface area contributed by atoms with Gasteiger partial charge in [0.05, 0.1) is 6.42 Å². The van der Waals surface area contributed by atoms with Gasteiger partial charge in [0.25, 0.3) is 0 Å². The molecule has 3 unspecified atom stereocenters. The van der Waals surface area contributed by atoms with E-state index in [1.807, 2.05) is 6.92 Å². The van der Waals surface area contributed by atoms with Crippen molar-refractivity contribution >= 4 is 11.8 Å². The van der Waals surface area contributed by atoms with Gasteiger partial charge >= 0.3 is 5.97 Å². The summed E-state index contributed by atoms with van der Waals surface area (Å²) in [4.78, 5) is 22.1. The van der Waals surface area contributed by atoms with E-state index < -0.39 is 0 Å². The molecule has 0 saturated carbocycles. The quantitative estimate of drug-likeness (QED) is 0.497. The monoisotopic (exact) mass is 166 g/mol. The van der Waals surface area contributed by atoms with Crippen molar-refractivity contribution in [1.82, 2.24) is 0 Å². The molecule has 1 saturated heterocycles. The molecule has 0 bridgehead atoms. The molecule has 0 aromatic heterocycles. The predicted molar refractivity (Wildman–Crippen MR) is 41.3 cm³/mol. The molecule has 2 rings (SSSR count). The van der Waals surface area contributed by atoms with Crippen LogP contribution in [-0.4, -0.2) is 17.9 Å². The van der Waals surface area contributed by atoms with Crippen LogP contribution in [0, 0.1) is 11.8 Å². The Bertz CT molecular complexity index is 267. The van der Waals surface area contributed by atoms with E-state index in [1.165, 1.54) is 6.08 Å². The fraction of sp³-hybridized carbons (Fsp3) is 0.556. The van der Waals surface area contributed by atoms with Crippen molar-refractivity contribution in [2.45, 2.75) is 19.4 Å². The van der Waals surface area contributed by atoms with Crippen LogP contribution in [0.4, 0.5) is 0 Å². The third-order valence-electron chi connectivity index (χ3n) is 2.63. The highest BCUT2D eigenvalue weighted by Gasteiger charge is 2.41. The average molecular weight is 166 g/mol. The van der Waals surface area contributed by atoms with E-state index in [0.29, 0.717) is 6.42 Å². The minimum Gasteiger partial charge on any atom is -0.458 e. The lowest BCUT2D eigenvalue weighted by Gasteiger charge is -2.22. The molecule has 64 valence electrons. The topological polar surface area (TPSA) is 43.4 Å². The van der Waals surface area contributed by atoms with Crippen LogP contribution in [0.1, 0.15) is 13.3 Å². The molecular formula is C9H10O3. The second-order valence-corrected chi connectivity index (χ2v) is 3.37. The van der Waals surface area contributed by atoms with E-state index in [-0.39, 0.29) is 29.7 Å². The highest BCUT2D eigenvalue weighted by Crippen LogP contribution is 2.33. The maximum atomic E-state index is 11.2. The van der Waals surface area contributed by atoms with Crippen LogP contribution < -0.4 is 0 Å². The number of carbonyl (C=O) groups is 2. The molecule has 0 aromatic carbocycles. The SMILES string of the molecule is CC1C(=O)C=CC2OC(=O)CC21.